The molecule has 0 aromatic heterocycles. The van der Waals surface area contributed by atoms with Crippen LogP contribution in [0.25, 0.3) is 0 Å². The van der Waals surface area contributed by atoms with Gasteiger partial charge in [-0.15, -0.1) is 0 Å². The molecule has 6 heteroatoms. The molecule has 2 aromatic carbocycles. The second-order valence-electron chi connectivity index (χ2n) is 5.69. The third kappa shape index (κ3) is 5.80. The smallest absolute Gasteiger partial charge is 0.344 e. The Kier molecular flexibility index (Phi) is 6.42. The normalized spacial score (nSPS) is 11.5. The number of hydrogen-bond acceptors (Lipinski definition) is 4. The van der Waals surface area contributed by atoms with Crippen molar-refractivity contribution in [1.82, 2.24) is 0 Å². The number of hydrogen-bond donors (Lipinski definition) is 1. The Hall–Kier alpha value is -2.53. The minimum absolute atomic E-state index is 0.289. The molecule has 1 atom stereocenters. The standard InChI is InChI=1S/C19H20ClNO4/c1-12-5-4-6-15(9-12)21-19(23)14(3)25-18(22)11-24-16-7-8-17(20)13(2)10-16/h4-10,14H,11H2,1-3H3,(H,21,23)/t14-/m1/s1. The number of esters is 1. The monoisotopic (exact) mass is 361 g/mol. The number of rotatable bonds is 6. The molecular weight excluding hydrogens is 342 g/mol. The number of ether oxygens (including phenoxy) is 2. The summed E-state index contributed by atoms with van der Waals surface area (Å²) in [6, 6.07) is 12.4. The maximum absolute atomic E-state index is 12.1. The molecule has 0 saturated heterocycles. The average molecular weight is 362 g/mol. The second-order valence-corrected chi connectivity index (χ2v) is 6.10. The highest BCUT2D eigenvalue weighted by Crippen LogP contribution is 2.21. The van der Waals surface area contributed by atoms with Gasteiger partial charge in [0.1, 0.15) is 5.75 Å². The summed E-state index contributed by atoms with van der Waals surface area (Å²) in [7, 11) is 0. The van der Waals surface area contributed by atoms with Gasteiger partial charge in [0.25, 0.3) is 5.91 Å². The Balaban J connectivity index is 1.82. The van der Waals surface area contributed by atoms with E-state index in [0.29, 0.717) is 16.5 Å². The number of aryl methyl sites for hydroxylation is 2. The molecule has 2 rings (SSSR count). The summed E-state index contributed by atoms with van der Waals surface area (Å²) in [5.74, 6) is -0.517. The first kappa shape index (κ1) is 18.8. The predicted molar refractivity (Wildman–Crippen MR) is 97.0 cm³/mol. The molecule has 0 bridgehead atoms. The third-order valence-electron chi connectivity index (χ3n) is 3.45. The van der Waals surface area contributed by atoms with Gasteiger partial charge in [0.15, 0.2) is 12.7 Å². The van der Waals surface area contributed by atoms with Crippen LogP contribution in [-0.2, 0) is 14.3 Å². The minimum atomic E-state index is -0.927. The van der Waals surface area contributed by atoms with E-state index in [1.54, 1.807) is 24.3 Å². The van der Waals surface area contributed by atoms with Crippen LogP contribution in [0.15, 0.2) is 42.5 Å². The van der Waals surface area contributed by atoms with E-state index in [0.717, 1.165) is 11.1 Å². The first-order valence-corrected chi connectivity index (χ1v) is 8.19. The van der Waals surface area contributed by atoms with Crippen LogP contribution in [0.5, 0.6) is 5.75 Å². The van der Waals surface area contributed by atoms with Crippen molar-refractivity contribution in [3.63, 3.8) is 0 Å². The molecule has 0 saturated carbocycles. The molecule has 0 aliphatic heterocycles. The zero-order chi connectivity index (χ0) is 18.4. The zero-order valence-electron chi connectivity index (χ0n) is 14.3. The summed E-state index contributed by atoms with van der Waals surface area (Å²) in [5, 5.41) is 3.33. The van der Waals surface area contributed by atoms with Crippen molar-refractivity contribution in [2.45, 2.75) is 26.9 Å². The van der Waals surface area contributed by atoms with Crippen LogP contribution in [0.3, 0.4) is 0 Å². The molecule has 5 nitrogen and oxygen atoms in total. The number of halogens is 1. The highest BCUT2D eigenvalue weighted by molar-refractivity contribution is 6.31. The van der Waals surface area contributed by atoms with E-state index in [-0.39, 0.29) is 6.61 Å². The van der Waals surface area contributed by atoms with Crippen molar-refractivity contribution in [3.8, 4) is 5.75 Å². The van der Waals surface area contributed by atoms with Crippen molar-refractivity contribution < 1.29 is 19.1 Å². The molecule has 0 aliphatic carbocycles. The molecule has 132 valence electrons. The number of benzene rings is 2. The van der Waals surface area contributed by atoms with Gasteiger partial charge in [-0.2, -0.15) is 0 Å². The second kappa shape index (κ2) is 8.53. The van der Waals surface area contributed by atoms with Crippen molar-refractivity contribution in [3.05, 3.63) is 58.6 Å². The number of nitrogens with one attached hydrogen (secondary N) is 1. The van der Waals surface area contributed by atoms with Crippen molar-refractivity contribution in [1.29, 1.82) is 0 Å². The van der Waals surface area contributed by atoms with Crippen LogP contribution in [0.1, 0.15) is 18.1 Å². The Bertz CT molecular complexity index is 776. The fourth-order valence-corrected chi connectivity index (χ4v) is 2.22. The van der Waals surface area contributed by atoms with Gasteiger partial charge >= 0.3 is 5.97 Å². The van der Waals surface area contributed by atoms with E-state index in [2.05, 4.69) is 5.32 Å². The third-order valence-corrected chi connectivity index (χ3v) is 3.87. The van der Waals surface area contributed by atoms with Gasteiger partial charge in [-0.05, 0) is 62.2 Å². The molecule has 0 spiro atoms. The molecule has 0 fully saturated rings. The lowest BCUT2D eigenvalue weighted by atomic mass is 10.2. The highest BCUT2D eigenvalue weighted by atomic mass is 35.5. The van der Waals surface area contributed by atoms with Gasteiger partial charge in [0.05, 0.1) is 0 Å². The van der Waals surface area contributed by atoms with E-state index >= 15 is 0 Å². The average Bonchev–Trinajstić information content (AvgIpc) is 2.56. The van der Waals surface area contributed by atoms with Crippen molar-refractivity contribution in [2.24, 2.45) is 0 Å². The van der Waals surface area contributed by atoms with E-state index in [4.69, 9.17) is 21.1 Å². The lowest BCUT2D eigenvalue weighted by Gasteiger charge is -2.14. The number of carbonyl (C=O) groups excluding carboxylic acids is 2. The van der Waals surface area contributed by atoms with Gasteiger partial charge in [-0.25, -0.2) is 4.79 Å². The number of anilines is 1. The molecule has 0 aliphatic rings. The maximum Gasteiger partial charge on any atom is 0.344 e. The van der Waals surface area contributed by atoms with Crippen LogP contribution in [0.4, 0.5) is 5.69 Å². The van der Waals surface area contributed by atoms with Crippen LogP contribution < -0.4 is 10.1 Å². The highest BCUT2D eigenvalue weighted by Gasteiger charge is 2.18. The summed E-state index contributed by atoms with van der Waals surface area (Å²) in [6.45, 7) is 4.98. The molecule has 0 radical (unpaired) electrons. The molecule has 0 heterocycles. The fourth-order valence-electron chi connectivity index (χ4n) is 2.10. The van der Waals surface area contributed by atoms with Gasteiger partial charge in [-0.1, -0.05) is 23.7 Å². The van der Waals surface area contributed by atoms with Crippen LogP contribution in [-0.4, -0.2) is 24.6 Å². The topological polar surface area (TPSA) is 64.6 Å². The molecule has 0 unspecified atom stereocenters. The fraction of sp³-hybridized carbons (Fsp3) is 0.263. The van der Waals surface area contributed by atoms with Gasteiger partial charge in [-0.3, -0.25) is 4.79 Å². The summed E-state index contributed by atoms with van der Waals surface area (Å²) in [4.78, 5) is 23.9. The SMILES string of the molecule is Cc1cccc(NC(=O)[C@@H](C)OC(=O)COc2ccc(Cl)c(C)c2)c1. The summed E-state index contributed by atoms with van der Waals surface area (Å²) < 4.78 is 10.4. The first-order valence-electron chi connectivity index (χ1n) is 7.81. The van der Waals surface area contributed by atoms with E-state index < -0.39 is 18.0 Å². The first-order chi connectivity index (χ1) is 11.8. The van der Waals surface area contributed by atoms with Gasteiger partial charge < -0.3 is 14.8 Å². The summed E-state index contributed by atoms with van der Waals surface area (Å²) in [6.07, 6.45) is -0.927. The summed E-state index contributed by atoms with van der Waals surface area (Å²) >= 11 is 5.93. The van der Waals surface area contributed by atoms with Crippen molar-refractivity contribution >= 4 is 29.2 Å². The molecule has 1 amide bonds. The Morgan fingerprint density at radius 1 is 1.16 bits per heavy atom. The lowest BCUT2D eigenvalue weighted by Crippen LogP contribution is -2.31. The number of carbonyl (C=O) groups is 2. The lowest BCUT2D eigenvalue weighted by molar-refractivity contribution is -0.155. The summed E-state index contributed by atoms with van der Waals surface area (Å²) in [5.41, 5.74) is 2.52. The van der Waals surface area contributed by atoms with Crippen LogP contribution >= 0.6 is 11.6 Å². The number of amides is 1. The Morgan fingerprint density at radius 2 is 1.92 bits per heavy atom. The minimum Gasteiger partial charge on any atom is -0.482 e. The Morgan fingerprint density at radius 3 is 2.60 bits per heavy atom. The maximum atomic E-state index is 12.1. The van der Waals surface area contributed by atoms with E-state index in [1.807, 2.05) is 32.0 Å². The quantitative estimate of drug-likeness (QED) is 0.792. The van der Waals surface area contributed by atoms with E-state index in [1.165, 1.54) is 6.92 Å². The Labute approximate surface area is 151 Å². The van der Waals surface area contributed by atoms with Crippen molar-refractivity contribution in [2.75, 3.05) is 11.9 Å². The van der Waals surface area contributed by atoms with Crippen LogP contribution in [0, 0.1) is 13.8 Å². The molecule has 1 N–H and O–H groups in total. The van der Waals surface area contributed by atoms with Gasteiger partial charge in [0.2, 0.25) is 0 Å². The molecule has 25 heavy (non-hydrogen) atoms. The predicted octanol–water partition coefficient (Wildman–Crippen LogP) is 3.91. The largest absolute Gasteiger partial charge is 0.482 e. The zero-order valence-corrected chi connectivity index (χ0v) is 15.1. The molecule has 2 aromatic rings. The molecular formula is C19H20ClNO4. The van der Waals surface area contributed by atoms with Gasteiger partial charge in [0, 0.05) is 10.7 Å². The van der Waals surface area contributed by atoms with Crippen LogP contribution in [0.2, 0.25) is 5.02 Å². The van der Waals surface area contributed by atoms with E-state index in [9.17, 15) is 9.59 Å².